The van der Waals surface area contributed by atoms with Crippen molar-refractivity contribution >= 4 is 30.4 Å². The fourth-order valence-corrected chi connectivity index (χ4v) is 2.35. The molecule has 0 rings (SSSR count). The third-order valence-corrected chi connectivity index (χ3v) is 4.15. The molecule has 0 bridgehead atoms. The molecule has 0 aromatic carbocycles. The minimum Gasteiger partial charge on any atom is -0.270 e. The molecule has 0 spiro atoms. The maximum absolute atomic E-state index is 11.1. The van der Waals surface area contributed by atoms with Gasteiger partial charge in [-0.15, -0.1) is 0 Å². The molecule has 0 N–H and O–H groups in total. The lowest BCUT2D eigenvalue weighted by molar-refractivity contribution is -0.0849. The van der Waals surface area contributed by atoms with Crippen LogP contribution in [0.2, 0.25) is 0 Å². The van der Waals surface area contributed by atoms with Crippen LogP contribution in [0.5, 0.6) is 0 Å². The summed E-state index contributed by atoms with van der Waals surface area (Å²) in [6.45, 7) is 0.882. The lowest BCUT2D eigenvalue weighted by Crippen LogP contribution is -2.17. The van der Waals surface area contributed by atoms with Gasteiger partial charge < -0.3 is 0 Å². The summed E-state index contributed by atoms with van der Waals surface area (Å²) in [7, 11) is -11.9. The quantitative estimate of drug-likeness (QED) is 0.226. The SMILES string of the molecule is CCS(=O)(=O)OOS(=O)(=O)CCCOS(C)(=O)=O. The van der Waals surface area contributed by atoms with E-state index >= 15 is 0 Å². The van der Waals surface area contributed by atoms with Gasteiger partial charge in [0.05, 0.1) is 24.4 Å². The van der Waals surface area contributed by atoms with E-state index in [2.05, 4.69) is 12.9 Å². The number of rotatable bonds is 9. The highest BCUT2D eigenvalue weighted by molar-refractivity contribution is 7.88. The smallest absolute Gasteiger partial charge is 0.270 e. The zero-order valence-corrected chi connectivity index (χ0v) is 12.2. The highest BCUT2D eigenvalue weighted by Crippen LogP contribution is 2.03. The topological polar surface area (TPSA) is 130 Å². The first kappa shape index (κ1) is 17.7. The Hall–Kier alpha value is -0.270. The first-order valence-electron chi connectivity index (χ1n) is 4.65. The second-order valence-corrected chi connectivity index (χ2v) is 8.26. The van der Waals surface area contributed by atoms with Crippen molar-refractivity contribution < 1.29 is 38.1 Å². The average molecular weight is 326 g/mol. The number of hydrogen-bond acceptors (Lipinski definition) is 9. The van der Waals surface area contributed by atoms with Crippen molar-refractivity contribution in [2.45, 2.75) is 13.3 Å². The Labute approximate surface area is 106 Å². The third kappa shape index (κ3) is 9.73. The molecule has 0 aliphatic heterocycles. The van der Waals surface area contributed by atoms with E-state index < -0.39 is 41.9 Å². The van der Waals surface area contributed by atoms with Gasteiger partial charge in [0.1, 0.15) is 0 Å². The van der Waals surface area contributed by atoms with E-state index in [4.69, 9.17) is 0 Å². The molecule has 0 aliphatic carbocycles. The lowest BCUT2D eigenvalue weighted by atomic mass is 10.5. The molecule has 0 saturated heterocycles. The van der Waals surface area contributed by atoms with E-state index in [9.17, 15) is 25.3 Å². The minimum absolute atomic E-state index is 0.190. The Bertz CT molecular complexity index is 541. The van der Waals surface area contributed by atoms with Crippen LogP contribution in [0.1, 0.15) is 13.3 Å². The van der Waals surface area contributed by atoms with Crippen LogP contribution in [-0.4, -0.2) is 49.6 Å². The Morgan fingerprint density at radius 3 is 1.83 bits per heavy atom. The molecule has 0 atom stereocenters. The van der Waals surface area contributed by atoms with Crippen molar-refractivity contribution in [3.63, 3.8) is 0 Å². The fourth-order valence-electron chi connectivity index (χ4n) is 0.613. The summed E-state index contributed by atoms with van der Waals surface area (Å²) in [5, 5.41) is 0. The predicted octanol–water partition coefficient (Wildman–Crippen LogP) is -1.02. The van der Waals surface area contributed by atoms with Crippen molar-refractivity contribution in [1.29, 1.82) is 0 Å². The van der Waals surface area contributed by atoms with Gasteiger partial charge in [-0.3, -0.25) is 4.18 Å². The van der Waals surface area contributed by atoms with Crippen LogP contribution in [0.25, 0.3) is 0 Å². The molecule has 18 heavy (non-hydrogen) atoms. The maximum Gasteiger partial charge on any atom is 0.294 e. The van der Waals surface area contributed by atoms with Gasteiger partial charge in [0.25, 0.3) is 30.4 Å². The molecule has 0 heterocycles. The van der Waals surface area contributed by atoms with Gasteiger partial charge in [0.15, 0.2) is 0 Å². The van der Waals surface area contributed by atoms with Gasteiger partial charge in [-0.25, -0.2) is 0 Å². The van der Waals surface area contributed by atoms with Crippen molar-refractivity contribution in [2.24, 2.45) is 0 Å². The predicted molar refractivity (Wildman–Crippen MR) is 60.8 cm³/mol. The second kappa shape index (κ2) is 6.77. The average Bonchev–Trinajstić information content (AvgIpc) is 2.21. The molecule has 0 fully saturated rings. The Balaban J connectivity index is 4.11. The van der Waals surface area contributed by atoms with Gasteiger partial charge >= 0.3 is 0 Å². The van der Waals surface area contributed by atoms with E-state index in [1.165, 1.54) is 6.92 Å². The van der Waals surface area contributed by atoms with Crippen molar-refractivity contribution in [3.05, 3.63) is 0 Å². The molecule has 0 aromatic rings. The minimum atomic E-state index is -4.22. The third-order valence-electron chi connectivity index (χ3n) is 1.42. The molecule has 110 valence electrons. The molecule has 12 heteroatoms. The van der Waals surface area contributed by atoms with Gasteiger partial charge in [0.2, 0.25) is 0 Å². The largest absolute Gasteiger partial charge is 0.294 e. The Kier molecular flexibility index (Phi) is 6.67. The summed E-state index contributed by atoms with van der Waals surface area (Å²) in [6.07, 6.45) is 0.625. The molecule has 9 nitrogen and oxygen atoms in total. The van der Waals surface area contributed by atoms with E-state index in [0.717, 1.165) is 6.26 Å². The second-order valence-electron chi connectivity index (χ2n) is 3.12. The van der Waals surface area contributed by atoms with Crippen LogP contribution in [0.15, 0.2) is 0 Å². The van der Waals surface area contributed by atoms with Gasteiger partial charge in [-0.1, -0.05) is 8.67 Å². The Morgan fingerprint density at radius 1 is 0.889 bits per heavy atom. The van der Waals surface area contributed by atoms with Gasteiger partial charge in [-0.2, -0.15) is 25.3 Å². The summed E-state index contributed by atoms with van der Waals surface area (Å²) in [6, 6.07) is 0. The maximum atomic E-state index is 11.1. The molecular weight excluding hydrogens is 312 g/mol. The van der Waals surface area contributed by atoms with Gasteiger partial charge in [-0.05, 0) is 13.3 Å². The van der Waals surface area contributed by atoms with Crippen LogP contribution in [0.4, 0.5) is 0 Å². The monoisotopic (exact) mass is 326 g/mol. The molecular formula is C6H14O9S3. The normalized spacial score (nSPS) is 13.7. The summed E-state index contributed by atoms with van der Waals surface area (Å²) in [5.74, 6) is -1.08. The van der Waals surface area contributed by atoms with Crippen LogP contribution in [0, 0.1) is 0 Å². The molecule has 0 saturated carbocycles. The first-order chi connectivity index (χ1) is 7.97. The summed E-state index contributed by atoms with van der Waals surface area (Å²) in [5.41, 5.74) is 0. The standard InChI is InChI=1S/C6H14O9S3/c1-3-17(9,10)14-15-18(11,12)6-4-5-13-16(2,7)8/h3-6H2,1-2H3. The Morgan fingerprint density at radius 2 is 1.39 bits per heavy atom. The first-order valence-corrected chi connectivity index (χ1v) is 9.62. The number of hydrogen-bond donors (Lipinski definition) is 0. The highest BCUT2D eigenvalue weighted by Gasteiger charge is 2.18. The molecule has 0 amide bonds. The van der Waals surface area contributed by atoms with Crippen LogP contribution < -0.4 is 0 Å². The molecule has 0 unspecified atom stereocenters. The van der Waals surface area contributed by atoms with E-state index in [1.807, 2.05) is 0 Å². The fraction of sp³-hybridized carbons (Fsp3) is 1.00. The zero-order chi connectivity index (χ0) is 14.4. The van der Waals surface area contributed by atoms with Crippen molar-refractivity contribution in [1.82, 2.24) is 0 Å². The lowest BCUT2D eigenvalue weighted by Gasteiger charge is -2.04. The van der Waals surface area contributed by atoms with Gasteiger partial charge in [0, 0.05) is 0 Å². The van der Waals surface area contributed by atoms with Crippen LogP contribution in [-0.2, 0) is 43.2 Å². The van der Waals surface area contributed by atoms with Crippen LogP contribution in [0.3, 0.4) is 0 Å². The summed E-state index contributed by atoms with van der Waals surface area (Å²) >= 11 is 0. The molecule has 0 aliphatic rings. The van der Waals surface area contributed by atoms with E-state index in [0.29, 0.717) is 0 Å². The van der Waals surface area contributed by atoms with E-state index in [1.54, 1.807) is 0 Å². The van der Waals surface area contributed by atoms with Crippen molar-refractivity contribution in [2.75, 3.05) is 24.4 Å². The highest BCUT2D eigenvalue weighted by atomic mass is 32.2. The summed E-state index contributed by atoms with van der Waals surface area (Å²) < 4.78 is 76.7. The zero-order valence-electron chi connectivity index (χ0n) is 9.73. The van der Waals surface area contributed by atoms with Crippen LogP contribution >= 0.6 is 0 Å². The molecule has 0 radical (unpaired) electrons. The van der Waals surface area contributed by atoms with E-state index in [-0.39, 0.29) is 13.0 Å². The summed E-state index contributed by atoms with van der Waals surface area (Å²) in [4.78, 5) is 0. The van der Waals surface area contributed by atoms with Crippen molar-refractivity contribution in [3.8, 4) is 0 Å². The molecule has 0 aromatic heterocycles.